The zero-order valence-corrected chi connectivity index (χ0v) is 20.2. The van der Waals surface area contributed by atoms with Crippen LogP contribution in [-0.2, 0) is 0 Å². The van der Waals surface area contributed by atoms with Gasteiger partial charge < -0.3 is 15.3 Å². The summed E-state index contributed by atoms with van der Waals surface area (Å²) < 4.78 is 0. The Balaban J connectivity index is 1.49. The molecule has 0 bridgehead atoms. The molecular weight excluding hydrogens is 372 g/mol. The van der Waals surface area contributed by atoms with Gasteiger partial charge in [-0.25, -0.2) is 0 Å². The predicted molar refractivity (Wildman–Crippen MR) is 122 cm³/mol. The van der Waals surface area contributed by atoms with E-state index in [4.69, 9.17) is 0 Å². The first-order valence-corrected chi connectivity index (χ1v) is 13.0. The Bertz CT molecular complexity index is 612. The van der Waals surface area contributed by atoms with Crippen molar-refractivity contribution < 1.29 is 15.3 Å². The van der Waals surface area contributed by atoms with E-state index in [1.807, 2.05) is 13.8 Å². The number of fused-ring (bicyclic) bond motifs is 5. The molecule has 0 aliphatic heterocycles. The molecule has 0 amide bonds. The lowest BCUT2D eigenvalue weighted by atomic mass is 9.43. The van der Waals surface area contributed by atoms with E-state index in [0.717, 1.165) is 44.4 Å². The van der Waals surface area contributed by atoms with Crippen LogP contribution in [0.1, 0.15) is 105 Å². The Morgan fingerprint density at radius 3 is 2.30 bits per heavy atom. The third-order valence-corrected chi connectivity index (χ3v) is 10.9. The van der Waals surface area contributed by atoms with E-state index in [9.17, 15) is 15.3 Å². The molecule has 4 fully saturated rings. The van der Waals surface area contributed by atoms with Crippen molar-refractivity contribution in [3.63, 3.8) is 0 Å². The summed E-state index contributed by atoms with van der Waals surface area (Å²) in [6.07, 6.45) is 12.0. The van der Waals surface area contributed by atoms with Crippen molar-refractivity contribution in [3.05, 3.63) is 0 Å². The van der Waals surface area contributed by atoms with E-state index < -0.39 is 5.60 Å². The van der Waals surface area contributed by atoms with Gasteiger partial charge in [-0.3, -0.25) is 0 Å². The lowest BCUT2D eigenvalue weighted by Crippen LogP contribution is -2.58. The average molecular weight is 421 g/mol. The monoisotopic (exact) mass is 420 g/mol. The third kappa shape index (κ3) is 3.90. The van der Waals surface area contributed by atoms with E-state index in [-0.39, 0.29) is 12.2 Å². The lowest BCUT2D eigenvalue weighted by Gasteiger charge is -2.62. The molecule has 0 aromatic rings. The molecule has 0 radical (unpaired) electrons. The van der Waals surface area contributed by atoms with Crippen LogP contribution in [0.25, 0.3) is 0 Å². The summed E-state index contributed by atoms with van der Waals surface area (Å²) in [5, 5.41) is 31.7. The predicted octanol–water partition coefficient (Wildman–Crippen LogP) is 5.55. The second-order valence-electron chi connectivity index (χ2n) is 13.1. The summed E-state index contributed by atoms with van der Waals surface area (Å²) in [6.45, 7) is 11.4. The summed E-state index contributed by atoms with van der Waals surface area (Å²) in [5.74, 6) is 3.73. The van der Waals surface area contributed by atoms with Gasteiger partial charge in [-0.15, -0.1) is 0 Å². The molecular formula is C27H48O3. The van der Waals surface area contributed by atoms with Crippen molar-refractivity contribution in [1.82, 2.24) is 0 Å². The van der Waals surface area contributed by atoms with Gasteiger partial charge in [-0.2, -0.15) is 0 Å². The van der Waals surface area contributed by atoms with Crippen LogP contribution in [0, 0.1) is 46.3 Å². The van der Waals surface area contributed by atoms with Crippen LogP contribution in [0.15, 0.2) is 0 Å². The highest BCUT2D eigenvalue weighted by Crippen LogP contribution is 2.68. The van der Waals surface area contributed by atoms with E-state index in [2.05, 4.69) is 20.8 Å². The SMILES string of the molecule is C[C@H](CCCC(C)(C)O)[C@H]1CC[C@H]2[C@@H]3[C@H](O)C[C@@H]4C[C@@H](O)CC[C@]4(C)[C@H]3CC[C@]12C. The fourth-order valence-electron chi connectivity index (χ4n) is 9.23. The van der Waals surface area contributed by atoms with Crippen LogP contribution in [0.4, 0.5) is 0 Å². The number of hydrogen-bond donors (Lipinski definition) is 3. The van der Waals surface area contributed by atoms with Crippen molar-refractivity contribution >= 4 is 0 Å². The number of hydrogen-bond acceptors (Lipinski definition) is 3. The largest absolute Gasteiger partial charge is 0.393 e. The Kier molecular flexibility index (Phi) is 6.17. The normalized spacial score (nSPS) is 49.8. The summed E-state index contributed by atoms with van der Waals surface area (Å²) >= 11 is 0. The summed E-state index contributed by atoms with van der Waals surface area (Å²) in [5.41, 5.74) is 0.139. The quantitative estimate of drug-likeness (QED) is 0.546. The molecule has 4 rings (SSSR count). The minimum atomic E-state index is -0.550. The Labute approximate surface area is 185 Å². The molecule has 3 nitrogen and oxygen atoms in total. The van der Waals surface area contributed by atoms with Gasteiger partial charge in [0.25, 0.3) is 0 Å². The minimum absolute atomic E-state index is 0.152. The van der Waals surface area contributed by atoms with Gasteiger partial charge in [0, 0.05) is 0 Å². The topological polar surface area (TPSA) is 60.7 Å². The van der Waals surface area contributed by atoms with E-state index in [1.54, 1.807) is 0 Å². The molecule has 0 saturated heterocycles. The summed E-state index contributed by atoms with van der Waals surface area (Å²) in [7, 11) is 0. The number of aliphatic hydroxyl groups is 3. The number of rotatable bonds is 5. The van der Waals surface area contributed by atoms with E-state index >= 15 is 0 Å². The van der Waals surface area contributed by atoms with Crippen molar-refractivity contribution in [1.29, 1.82) is 0 Å². The third-order valence-electron chi connectivity index (χ3n) is 10.9. The van der Waals surface area contributed by atoms with Gasteiger partial charge in [0.1, 0.15) is 0 Å². The van der Waals surface area contributed by atoms with Crippen LogP contribution in [-0.4, -0.2) is 33.1 Å². The zero-order valence-electron chi connectivity index (χ0n) is 20.2. The Morgan fingerprint density at radius 1 is 0.933 bits per heavy atom. The van der Waals surface area contributed by atoms with E-state index in [1.165, 1.54) is 32.1 Å². The van der Waals surface area contributed by atoms with Gasteiger partial charge >= 0.3 is 0 Å². The summed E-state index contributed by atoms with van der Waals surface area (Å²) in [6, 6.07) is 0. The molecule has 10 atom stereocenters. The van der Waals surface area contributed by atoms with Crippen LogP contribution in [0.2, 0.25) is 0 Å². The zero-order chi connectivity index (χ0) is 21.9. The van der Waals surface area contributed by atoms with Gasteiger partial charge in [0.2, 0.25) is 0 Å². The molecule has 3 heteroatoms. The molecule has 174 valence electrons. The van der Waals surface area contributed by atoms with Crippen LogP contribution < -0.4 is 0 Å². The summed E-state index contributed by atoms with van der Waals surface area (Å²) in [4.78, 5) is 0. The second kappa shape index (κ2) is 8.03. The molecule has 0 unspecified atom stereocenters. The van der Waals surface area contributed by atoms with E-state index in [0.29, 0.717) is 40.4 Å². The highest BCUT2D eigenvalue weighted by molar-refractivity contribution is 5.11. The standard InChI is InChI=1S/C27H48O3/c1-17(7-6-12-25(2,3)30)20-8-9-21-24-22(11-14-27(20,21)5)26(4)13-10-19(28)15-18(26)16-23(24)29/h17-24,28-30H,6-16H2,1-5H3/t17-,18+,19+,20-,21+,22+,23-,24+,26+,27-/m1/s1. The first kappa shape index (κ1) is 23.1. The fraction of sp³-hybridized carbons (Fsp3) is 1.00. The first-order chi connectivity index (χ1) is 14.0. The highest BCUT2D eigenvalue weighted by Gasteiger charge is 2.62. The number of aliphatic hydroxyl groups excluding tert-OH is 2. The van der Waals surface area contributed by atoms with Crippen LogP contribution in [0.5, 0.6) is 0 Å². The second-order valence-corrected chi connectivity index (χ2v) is 13.1. The maximum atomic E-state index is 11.4. The molecule has 4 aliphatic carbocycles. The van der Waals surface area contributed by atoms with Crippen LogP contribution >= 0.6 is 0 Å². The minimum Gasteiger partial charge on any atom is -0.393 e. The molecule has 0 aromatic carbocycles. The van der Waals surface area contributed by atoms with Gasteiger partial charge in [0.05, 0.1) is 17.8 Å². The van der Waals surface area contributed by atoms with Crippen molar-refractivity contribution in [2.24, 2.45) is 46.3 Å². The Hall–Kier alpha value is -0.120. The molecule has 4 saturated carbocycles. The van der Waals surface area contributed by atoms with Crippen molar-refractivity contribution in [3.8, 4) is 0 Å². The molecule has 0 aromatic heterocycles. The average Bonchev–Trinajstić information content (AvgIpc) is 2.99. The van der Waals surface area contributed by atoms with Gasteiger partial charge in [-0.05, 0) is 118 Å². The first-order valence-electron chi connectivity index (χ1n) is 13.0. The molecule has 0 heterocycles. The smallest absolute Gasteiger partial charge is 0.0591 e. The maximum absolute atomic E-state index is 11.4. The Morgan fingerprint density at radius 2 is 1.60 bits per heavy atom. The molecule has 3 N–H and O–H groups in total. The van der Waals surface area contributed by atoms with Crippen LogP contribution in [0.3, 0.4) is 0 Å². The molecule has 30 heavy (non-hydrogen) atoms. The van der Waals surface area contributed by atoms with Crippen molar-refractivity contribution in [2.75, 3.05) is 0 Å². The maximum Gasteiger partial charge on any atom is 0.0591 e. The highest BCUT2D eigenvalue weighted by atomic mass is 16.3. The van der Waals surface area contributed by atoms with Gasteiger partial charge in [0.15, 0.2) is 0 Å². The lowest BCUT2D eigenvalue weighted by molar-refractivity contribution is -0.174. The van der Waals surface area contributed by atoms with Crippen molar-refractivity contribution in [2.45, 2.75) is 123 Å². The fourth-order valence-corrected chi connectivity index (χ4v) is 9.23. The molecule has 0 spiro atoms. The van der Waals surface area contributed by atoms with Gasteiger partial charge in [-0.1, -0.05) is 33.6 Å². The molecule has 4 aliphatic rings.